The Kier molecular flexibility index (Phi) is 6.98. The molecular weight excluding hydrogens is 290 g/mol. The van der Waals surface area contributed by atoms with Gasteiger partial charge in [0, 0.05) is 12.5 Å². The minimum absolute atomic E-state index is 0.138. The van der Waals surface area contributed by atoms with Gasteiger partial charge in [0.05, 0.1) is 13.2 Å². The van der Waals surface area contributed by atoms with E-state index in [1.165, 1.54) is 0 Å². The van der Waals surface area contributed by atoms with Crippen molar-refractivity contribution in [2.75, 3.05) is 19.8 Å². The van der Waals surface area contributed by atoms with Crippen molar-refractivity contribution in [2.45, 2.75) is 39.5 Å². The third-order valence-electron chi connectivity index (χ3n) is 3.96. The molecular formula is C19H27NO3. The molecule has 23 heavy (non-hydrogen) atoms. The first-order chi connectivity index (χ1) is 11.2. The highest BCUT2D eigenvalue weighted by atomic mass is 16.5. The first-order valence-electron chi connectivity index (χ1n) is 8.55. The Bertz CT molecular complexity index is 539. The van der Waals surface area contributed by atoms with Crippen molar-refractivity contribution < 1.29 is 14.3 Å². The predicted molar refractivity (Wildman–Crippen MR) is 92.0 cm³/mol. The number of allylic oxidation sites excluding steroid dienone is 2. The number of ether oxygens (including phenoxy) is 2. The van der Waals surface area contributed by atoms with Crippen LogP contribution in [0.1, 0.15) is 38.7 Å². The van der Waals surface area contributed by atoms with Gasteiger partial charge in [-0.1, -0.05) is 18.2 Å². The van der Waals surface area contributed by atoms with Crippen LogP contribution in [0.5, 0.6) is 11.5 Å². The molecule has 1 aromatic carbocycles. The highest BCUT2D eigenvalue weighted by molar-refractivity contribution is 5.78. The quantitative estimate of drug-likeness (QED) is 0.747. The first-order valence-corrected chi connectivity index (χ1v) is 8.55. The van der Waals surface area contributed by atoms with E-state index in [0.717, 1.165) is 42.7 Å². The summed E-state index contributed by atoms with van der Waals surface area (Å²) < 4.78 is 11.2. The molecule has 1 aliphatic rings. The molecule has 0 aliphatic heterocycles. The second-order valence-corrected chi connectivity index (χ2v) is 5.67. The van der Waals surface area contributed by atoms with Crippen LogP contribution in [0.2, 0.25) is 0 Å². The highest BCUT2D eigenvalue weighted by Gasteiger charge is 2.17. The van der Waals surface area contributed by atoms with Crippen LogP contribution >= 0.6 is 0 Å². The summed E-state index contributed by atoms with van der Waals surface area (Å²) in [6, 6.07) is 5.98. The van der Waals surface area contributed by atoms with E-state index in [9.17, 15) is 4.79 Å². The maximum absolute atomic E-state index is 12.1. The third-order valence-corrected chi connectivity index (χ3v) is 3.96. The number of rotatable bonds is 8. The number of carbonyl (C=O) groups excluding carboxylic acids is 1. The molecule has 1 aliphatic carbocycles. The number of benzene rings is 1. The Hall–Kier alpha value is -1.97. The Balaban J connectivity index is 1.86. The normalized spacial score (nSPS) is 16.9. The number of hydrogen-bond acceptors (Lipinski definition) is 3. The summed E-state index contributed by atoms with van der Waals surface area (Å²) in [7, 11) is 0. The second kappa shape index (κ2) is 9.23. The van der Waals surface area contributed by atoms with E-state index in [4.69, 9.17) is 9.47 Å². The zero-order valence-electron chi connectivity index (χ0n) is 14.1. The predicted octanol–water partition coefficient (Wildman–Crippen LogP) is 3.50. The van der Waals surface area contributed by atoms with Crippen LogP contribution < -0.4 is 14.8 Å². The van der Waals surface area contributed by atoms with Crippen LogP contribution in [0.25, 0.3) is 0 Å². The second-order valence-electron chi connectivity index (χ2n) is 5.67. The van der Waals surface area contributed by atoms with Gasteiger partial charge in [-0.25, -0.2) is 0 Å². The van der Waals surface area contributed by atoms with Gasteiger partial charge in [-0.3, -0.25) is 4.79 Å². The Morgan fingerprint density at radius 2 is 1.96 bits per heavy atom. The average Bonchev–Trinajstić information content (AvgIpc) is 2.58. The van der Waals surface area contributed by atoms with Crippen molar-refractivity contribution in [2.24, 2.45) is 5.92 Å². The minimum atomic E-state index is 0.138. The molecule has 1 aromatic rings. The van der Waals surface area contributed by atoms with Gasteiger partial charge >= 0.3 is 0 Å². The molecule has 1 unspecified atom stereocenters. The number of nitrogens with one attached hydrogen (secondary N) is 1. The van der Waals surface area contributed by atoms with Crippen molar-refractivity contribution in [1.29, 1.82) is 0 Å². The topological polar surface area (TPSA) is 47.6 Å². The van der Waals surface area contributed by atoms with Crippen molar-refractivity contribution in [3.63, 3.8) is 0 Å². The summed E-state index contributed by atoms with van der Waals surface area (Å²) in [4.78, 5) is 12.1. The molecule has 4 heteroatoms. The van der Waals surface area contributed by atoms with E-state index >= 15 is 0 Å². The average molecular weight is 317 g/mol. The van der Waals surface area contributed by atoms with Crippen LogP contribution in [-0.2, 0) is 11.2 Å². The van der Waals surface area contributed by atoms with Gasteiger partial charge in [-0.15, -0.1) is 0 Å². The van der Waals surface area contributed by atoms with Gasteiger partial charge in [-0.2, -0.15) is 0 Å². The molecule has 0 aromatic heterocycles. The lowest BCUT2D eigenvalue weighted by Gasteiger charge is -2.17. The van der Waals surface area contributed by atoms with Gasteiger partial charge < -0.3 is 14.8 Å². The largest absolute Gasteiger partial charge is 0.490 e. The fourth-order valence-corrected chi connectivity index (χ4v) is 2.76. The zero-order valence-corrected chi connectivity index (χ0v) is 14.1. The first kappa shape index (κ1) is 17.4. The summed E-state index contributed by atoms with van der Waals surface area (Å²) in [6.07, 6.45) is 7.88. The lowest BCUT2D eigenvalue weighted by molar-refractivity contribution is -0.125. The number of amides is 1. The maximum Gasteiger partial charge on any atom is 0.223 e. The van der Waals surface area contributed by atoms with Crippen molar-refractivity contribution in [3.05, 3.63) is 35.9 Å². The van der Waals surface area contributed by atoms with E-state index in [2.05, 4.69) is 17.5 Å². The van der Waals surface area contributed by atoms with Crippen LogP contribution in [0.3, 0.4) is 0 Å². The molecule has 0 saturated heterocycles. The lowest BCUT2D eigenvalue weighted by atomic mass is 9.93. The van der Waals surface area contributed by atoms with Crippen molar-refractivity contribution in [3.8, 4) is 11.5 Å². The molecule has 1 N–H and O–H groups in total. The molecule has 0 fully saturated rings. The molecule has 0 bridgehead atoms. The van der Waals surface area contributed by atoms with Crippen molar-refractivity contribution >= 4 is 5.91 Å². The molecule has 4 nitrogen and oxygen atoms in total. The van der Waals surface area contributed by atoms with Gasteiger partial charge in [0.25, 0.3) is 0 Å². The summed E-state index contributed by atoms with van der Waals surface area (Å²) in [5.74, 6) is 1.86. The van der Waals surface area contributed by atoms with E-state index in [1.54, 1.807) is 0 Å². The standard InChI is InChI=1S/C19H27NO3/c1-3-22-17-11-10-15(14-18(17)23-4-2)12-13-20-19(21)16-8-6-5-7-9-16/h5-6,10-11,14,16H,3-4,7-9,12-13H2,1-2H3,(H,20,21). The summed E-state index contributed by atoms with van der Waals surface area (Å²) >= 11 is 0. The van der Waals surface area contributed by atoms with E-state index in [0.29, 0.717) is 19.8 Å². The number of hydrogen-bond donors (Lipinski definition) is 1. The molecule has 2 rings (SSSR count). The molecule has 0 heterocycles. The SMILES string of the molecule is CCOc1ccc(CCNC(=O)C2CC=CCC2)cc1OCC. The van der Waals surface area contributed by atoms with E-state index < -0.39 is 0 Å². The lowest BCUT2D eigenvalue weighted by Crippen LogP contribution is -2.32. The minimum Gasteiger partial charge on any atom is -0.490 e. The fourth-order valence-electron chi connectivity index (χ4n) is 2.76. The zero-order chi connectivity index (χ0) is 16.5. The summed E-state index contributed by atoms with van der Waals surface area (Å²) in [6.45, 7) is 5.79. The van der Waals surface area contributed by atoms with Gasteiger partial charge in [0.15, 0.2) is 11.5 Å². The van der Waals surface area contributed by atoms with Gasteiger partial charge in [-0.05, 0) is 57.2 Å². The summed E-state index contributed by atoms with van der Waals surface area (Å²) in [5.41, 5.74) is 1.14. The smallest absolute Gasteiger partial charge is 0.223 e. The summed E-state index contributed by atoms with van der Waals surface area (Å²) in [5, 5.41) is 3.05. The van der Waals surface area contributed by atoms with Crippen molar-refractivity contribution in [1.82, 2.24) is 5.32 Å². The Morgan fingerprint density at radius 1 is 1.17 bits per heavy atom. The Morgan fingerprint density at radius 3 is 2.65 bits per heavy atom. The maximum atomic E-state index is 12.1. The van der Waals surface area contributed by atoms with Crippen LogP contribution in [-0.4, -0.2) is 25.7 Å². The van der Waals surface area contributed by atoms with Crippen LogP contribution in [0, 0.1) is 5.92 Å². The molecule has 126 valence electrons. The fraction of sp³-hybridized carbons (Fsp3) is 0.526. The third kappa shape index (κ3) is 5.31. The van der Waals surface area contributed by atoms with Crippen LogP contribution in [0.4, 0.5) is 0 Å². The Labute approximate surface area is 138 Å². The van der Waals surface area contributed by atoms with Gasteiger partial charge in [0.2, 0.25) is 5.91 Å². The molecule has 0 radical (unpaired) electrons. The van der Waals surface area contributed by atoms with E-state index in [-0.39, 0.29) is 11.8 Å². The number of carbonyl (C=O) groups is 1. The van der Waals surface area contributed by atoms with E-state index in [1.807, 2.05) is 32.0 Å². The molecule has 0 saturated carbocycles. The van der Waals surface area contributed by atoms with Crippen LogP contribution in [0.15, 0.2) is 30.4 Å². The highest BCUT2D eigenvalue weighted by Crippen LogP contribution is 2.28. The molecule has 0 spiro atoms. The van der Waals surface area contributed by atoms with Gasteiger partial charge in [0.1, 0.15) is 0 Å². The molecule has 1 amide bonds. The monoisotopic (exact) mass is 317 g/mol. The molecule has 1 atom stereocenters.